The third-order valence-electron chi connectivity index (χ3n) is 4.37. The molecule has 0 aliphatic carbocycles. The van der Waals surface area contributed by atoms with Crippen molar-refractivity contribution in [2.45, 2.75) is 4.90 Å². The van der Waals surface area contributed by atoms with Crippen molar-refractivity contribution in [3.05, 3.63) is 87.4 Å². The van der Waals surface area contributed by atoms with Gasteiger partial charge in [0.05, 0.1) is 22.4 Å². The molecule has 3 aromatic carbocycles. The fourth-order valence-electron chi connectivity index (χ4n) is 2.86. The first-order valence-corrected chi connectivity index (χ1v) is 11.3. The summed E-state index contributed by atoms with van der Waals surface area (Å²) in [4.78, 5) is 48.0. The molecule has 8 nitrogen and oxygen atoms in total. The van der Waals surface area contributed by atoms with Crippen LogP contribution in [-0.2, 0) is 4.79 Å². The van der Waals surface area contributed by atoms with Crippen molar-refractivity contribution in [3.8, 4) is 0 Å². The predicted octanol–water partition coefficient (Wildman–Crippen LogP) is 5.37. The first-order valence-electron chi connectivity index (χ1n) is 9.53. The molecule has 4 N–H and O–H groups in total. The molecule has 0 unspecified atom stereocenters. The van der Waals surface area contributed by atoms with Crippen LogP contribution in [0.25, 0.3) is 0 Å². The number of carbonyl (C=O) groups is 4. The SMILES string of the molecule is O=C(CSc1ccc(NC(=O)c2ccc(C(=O)O)cc2C(=O)O)cc1)Nc1cc(Cl)cc(Cl)c1. The van der Waals surface area contributed by atoms with E-state index in [9.17, 15) is 24.3 Å². The number of thioether (sulfide) groups is 1. The number of hydrogen-bond donors (Lipinski definition) is 4. The number of hydrogen-bond acceptors (Lipinski definition) is 5. The number of aromatic carboxylic acids is 2. The van der Waals surface area contributed by atoms with E-state index in [-0.39, 0.29) is 22.8 Å². The average molecular weight is 519 g/mol. The largest absolute Gasteiger partial charge is 0.478 e. The van der Waals surface area contributed by atoms with Gasteiger partial charge in [0.2, 0.25) is 5.91 Å². The molecule has 0 fully saturated rings. The summed E-state index contributed by atoms with van der Waals surface area (Å²) in [5.41, 5.74) is 0.0486. The molecule has 0 spiro atoms. The molecule has 34 heavy (non-hydrogen) atoms. The summed E-state index contributed by atoms with van der Waals surface area (Å²) in [5.74, 6) is -3.56. The molecule has 3 aromatic rings. The lowest BCUT2D eigenvalue weighted by Crippen LogP contribution is -2.17. The lowest BCUT2D eigenvalue weighted by Gasteiger charge is -2.10. The van der Waals surface area contributed by atoms with Crippen LogP contribution in [-0.4, -0.2) is 39.7 Å². The van der Waals surface area contributed by atoms with Crippen molar-refractivity contribution in [3.63, 3.8) is 0 Å². The molecule has 0 atom stereocenters. The summed E-state index contributed by atoms with van der Waals surface area (Å²) >= 11 is 13.1. The summed E-state index contributed by atoms with van der Waals surface area (Å²) in [6.45, 7) is 0. The zero-order valence-corrected chi connectivity index (χ0v) is 19.5. The minimum absolute atomic E-state index is 0.119. The van der Waals surface area contributed by atoms with Crippen molar-refractivity contribution in [2.24, 2.45) is 0 Å². The van der Waals surface area contributed by atoms with Gasteiger partial charge in [-0.05, 0) is 60.7 Å². The Kier molecular flexibility index (Phi) is 8.17. The number of carbonyl (C=O) groups excluding carboxylic acids is 2. The van der Waals surface area contributed by atoms with Gasteiger partial charge in [-0.15, -0.1) is 11.8 Å². The van der Waals surface area contributed by atoms with E-state index in [0.29, 0.717) is 21.4 Å². The third-order valence-corrected chi connectivity index (χ3v) is 5.82. The van der Waals surface area contributed by atoms with Gasteiger partial charge >= 0.3 is 11.9 Å². The van der Waals surface area contributed by atoms with Crippen LogP contribution >= 0.6 is 35.0 Å². The summed E-state index contributed by atoms with van der Waals surface area (Å²) < 4.78 is 0. The second kappa shape index (κ2) is 11.1. The van der Waals surface area contributed by atoms with Crippen LogP contribution in [0.5, 0.6) is 0 Å². The molecule has 0 bridgehead atoms. The van der Waals surface area contributed by atoms with Gasteiger partial charge in [-0.1, -0.05) is 23.2 Å². The van der Waals surface area contributed by atoms with Crippen molar-refractivity contribution >= 4 is 70.1 Å². The highest BCUT2D eigenvalue weighted by Crippen LogP contribution is 2.24. The lowest BCUT2D eigenvalue weighted by atomic mass is 10.0. The minimum atomic E-state index is -1.42. The molecular weight excluding hydrogens is 503 g/mol. The normalized spacial score (nSPS) is 10.4. The van der Waals surface area contributed by atoms with Gasteiger partial charge in [0.25, 0.3) is 5.91 Å². The number of amides is 2. The molecule has 2 amide bonds. The zero-order valence-electron chi connectivity index (χ0n) is 17.2. The average Bonchev–Trinajstić information content (AvgIpc) is 2.77. The topological polar surface area (TPSA) is 133 Å². The minimum Gasteiger partial charge on any atom is -0.478 e. The molecule has 0 heterocycles. The number of carboxylic acid groups (broad SMARTS) is 2. The Hall–Kier alpha value is -3.53. The number of nitrogens with one attached hydrogen (secondary N) is 2. The maximum atomic E-state index is 12.5. The van der Waals surface area contributed by atoms with E-state index in [1.165, 1.54) is 11.8 Å². The summed E-state index contributed by atoms with van der Waals surface area (Å²) in [6.07, 6.45) is 0. The molecule has 11 heteroatoms. The number of benzene rings is 3. The Morgan fingerprint density at radius 2 is 1.38 bits per heavy atom. The van der Waals surface area contributed by atoms with E-state index in [2.05, 4.69) is 10.6 Å². The van der Waals surface area contributed by atoms with E-state index in [1.807, 2.05) is 0 Å². The van der Waals surface area contributed by atoms with Crippen LogP contribution in [0.3, 0.4) is 0 Å². The quantitative estimate of drug-likeness (QED) is 0.294. The molecule has 3 rings (SSSR count). The van der Waals surface area contributed by atoms with E-state index >= 15 is 0 Å². The van der Waals surface area contributed by atoms with Gasteiger partial charge < -0.3 is 20.8 Å². The monoisotopic (exact) mass is 518 g/mol. The van der Waals surface area contributed by atoms with Crippen molar-refractivity contribution in [2.75, 3.05) is 16.4 Å². The van der Waals surface area contributed by atoms with E-state index in [4.69, 9.17) is 28.3 Å². The maximum absolute atomic E-state index is 12.5. The van der Waals surface area contributed by atoms with Gasteiger partial charge in [-0.3, -0.25) is 9.59 Å². The van der Waals surface area contributed by atoms with Crippen LogP contribution in [0.2, 0.25) is 10.0 Å². The van der Waals surface area contributed by atoms with Crippen LogP contribution in [0.1, 0.15) is 31.1 Å². The van der Waals surface area contributed by atoms with Crippen LogP contribution in [0.4, 0.5) is 11.4 Å². The highest BCUT2D eigenvalue weighted by Gasteiger charge is 2.19. The molecule has 174 valence electrons. The number of halogens is 2. The van der Waals surface area contributed by atoms with Crippen LogP contribution < -0.4 is 10.6 Å². The van der Waals surface area contributed by atoms with Crippen molar-refractivity contribution in [1.29, 1.82) is 0 Å². The molecule has 0 aromatic heterocycles. The second-order valence-corrected chi connectivity index (χ2v) is 8.77. The molecule has 0 radical (unpaired) electrons. The standard InChI is InChI=1S/C23H16Cl2N2O6S/c24-13-8-14(25)10-16(9-13)26-20(28)11-34-17-4-2-15(3-5-17)27-21(29)18-6-1-12(22(30)31)7-19(18)23(32)33/h1-10H,11H2,(H,26,28)(H,27,29)(H,30,31)(H,32,33). The Bertz CT molecular complexity index is 1260. The second-order valence-electron chi connectivity index (χ2n) is 6.84. The van der Waals surface area contributed by atoms with Crippen LogP contribution in [0, 0.1) is 0 Å². The summed E-state index contributed by atoms with van der Waals surface area (Å²) in [6, 6.07) is 14.5. The summed E-state index contributed by atoms with van der Waals surface area (Å²) in [7, 11) is 0. The zero-order chi connectivity index (χ0) is 24.8. The van der Waals surface area contributed by atoms with Gasteiger partial charge in [0.1, 0.15) is 0 Å². The Morgan fingerprint density at radius 3 is 1.97 bits per heavy atom. The molecule has 0 aliphatic rings. The highest BCUT2D eigenvalue weighted by molar-refractivity contribution is 8.00. The molecule has 0 aliphatic heterocycles. The number of carboxylic acids is 2. The van der Waals surface area contributed by atoms with Crippen molar-refractivity contribution < 1.29 is 29.4 Å². The van der Waals surface area contributed by atoms with Gasteiger partial charge in [0, 0.05) is 26.3 Å². The predicted molar refractivity (Wildman–Crippen MR) is 131 cm³/mol. The van der Waals surface area contributed by atoms with Gasteiger partial charge in [0.15, 0.2) is 0 Å². The maximum Gasteiger partial charge on any atom is 0.336 e. The smallest absolute Gasteiger partial charge is 0.336 e. The first kappa shape index (κ1) is 25.1. The van der Waals surface area contributed by atoms with Gasteiger partial charge in [-0.25, -0.2) is 9.59 Å². The number of anilines is 2. The Morgan fingerprint density at radius 1 is 0.735 bits per heavy atom. The van der Waals surface area contributed by atoms with Gasteiger partial charge in [-0.2, -0.15) is 0 Å². The van der Waals surface area contributed by atoms with E-state index in [1.54, 1.807) is 42.5 Å². The highest BCUT2D eigenvalue weighted by atomic mass is 35.5. The first-order chi connectivity index (χ1) is 16.1. The fraction of sp³-hybridized carbons (Fsp3) is 0.0435. The van der Waals surface area contributed by atoms with E-state index in [0.717, 1.165) is 23.1 Å². The lowest BCUT2D eigenvalue weighted by molar-refractivity contribution is -0.113. The Labute approximate surface area is 207 Å². The molecule has 0 saturated heterocycles. The number of rotatable bonds is 8. The molecular formula is C23H16Cl2N2O6S. The van der Waals surface area contributed by atoms with E-state index < -0.39 is 23.4 Å². The molecule has 0 saturated carbocycles. The third kappa shape index (κ3) is 6.74. The van der Waals surface area contributed by atoms with Crippen molar-refractivity contribution in [1.82, 2.24) is 0 Å². The summed E-state index contributed by atoms with van der Waals surface area (Å²) in [5, 5.41) is 24.4. The Balaban J connectivity index is 1.60. The fourth-order valence-corrected chi connectivity index (χ4v) is 4.08. The van der Waals surface area contributed by atoms with Crippen LogP contribution in [0.15, 0.2) is 65.6 Å².